The van der Waals surface area contributed by atoms with Gasteiger partial charge >= 0.3 is 0 Å². The van der Waals surface area contributed by atoms with E-state index in [1.54, 1.807) is 47.1 Å². The van der Waals surface area contributed by atoms with E-state index in [9.17, 15) is 18.0 Å². The molecular weight excluding hydrogens is 392 g/mol. The largest absolute Gasteiger partial charge is 0.349 e. The highest BCUT2D eigenvalue weighted by Crippen LogP contribution is 2.16. The lowest BCUT2D eigenvalue weighted by atomic mass is 10.0. The average molecular weight is 419 g/mol. The molecular formula is C20H26N4O4S. The first-order valence-corrected chi connectivity index (χ1v) is 11.3. The van der Waals surface area contributed by atoms with Gasteiger partial charge in [-0.25, -0.2) is 8.42 Å². The summed E-state index contributed by atoms with van der Waals surface area (Å²) in [6.07, 6.45) is 4.42. The molecule has 1 aromatic heterocycles. The van der Waals surface area contributed by atoms with Crippen molar-refractivity contribution in [2.45, 2.75) is 37.1 Å². The standard InChI is InChI=1S/C20H26N4O4S/c1-15-3-5-18(6-4-15)29(27,28)12-9-19(25)24-10-7-17(8-11-24)22-20(26)16-13-21-23(2)14-16/h3-6,13-14,17H,7-12H2,1-2H3,(H,22,26). The van der Waals surface area contributed by atoms with Gasteiger partial charge in [0.25, 0.3) is 5.91 Å². The van der Waals surface area contributed by atoms with E-state index in [-0.39, 0.29) is 34.9 Å². The van der Waals surface area contributed by atoms with E-state index in [0.717, 1.165) is 5.56 Å². The number of rotatable bonds is 6. The number of sulfone groups is 1. The molecule has 3 rings (SSSR count). The van der Waals surface area contributed by atoms with Crippen molar-refractivity contribution in [1.29, 1.82) is 0 Å². The molecule has 1 saturated heterocycles. The minimum Gasteiger partial charge on any atom is -0.349 e. The zero-order chi connectivity index (χ0) is 21.0. The van der Waals surface area contributed by atoms with Gasteiger partial charge < -0.3 is 10.2 Å². The second-order valence-corrected chi connectivity index (χ2v) is 9.52. The molecule has 0 saturated carbocycles. The normalized spacial score (nSPS) is 15.3. The third kappa shape index (κ3) is 5.44. The van der Waals surface area contributed by atoms with Crippen molar-refractivity contribution in [3.8, 4) is 0 Å². The summed E-state index contributed by atoms with van der Waals surface area (Å²) in [7, 11) is -1.73. The summed E-state index contributed by atoms with van der Waals surface area (Å²) in [5.74, 6) is -0.545. The lowest BCUT2D eigenvalue weighted by molar-refractivity contribution is -0.131. The van der Waals surface area contributed by atoms with E-state index in [1.165, 1.54) is 6.20 Å². The molecule has 0 aliphatic carbocycles. The van der Waals surface area contributed by atoms with E-state index >= 15 is 0 Å². The molecule has 156 valence electrons. The van der Waals surface area contributed by atoms with Gasteiger partial charge in [-0.05, 0) is 31.9 Å². The molecule has 0 unspecified atom stereocenters. The first kappa shape index (κ1) is 21.0. The van der Waals surface area contributed by atoms with Crippen molar-refractivity contribution >= 4 is 21.7 Å². The summed E-state index contributed by atoms with van der Waals surface area (Å²) in [5, 5.41) is 6.95. The number of aromatic nitrogens is 2. The Balaban J connectivity index is 1.46. The van der Waals surface area contributed by atoms with E-state index in [4.69, 9.17) is 0 Å². The first-order valence-electron chi connectivity index (χ1n) is 9.61. The predicted molar refractivity (Wildman–Crippen MR) is 108 cm³/mol. The Morgan fingerprint density at radius 3 is 2.41 bits per heavy atom. The third-order valence-electron chi connectivity index (χ3n) is 5.11. The first-order chi connectivity index (χ1) is 13.7. The molecule has 0 spiro atoms. The number of benzene rings is 1. The zero-order valence-electron chi connectivity index (χ0n) is 16.7. The molecule has 8 nitrogen and oxygen atoms in total. The summed E-state index contributed by atoms with van der Waals surface area (Å²) < 4.78 is 26.4. The van der Waals surface area contributed by atoms with Crippen molar-refractivity contribution in [2.24, 2.45) is 7.05 Å². The summed E-state index contributed by atoms with van der Waals surface area (Å²) in [6.45, 7) is 2.89. The van der Waals surface area contributed by atoms with Crippen LogP contribution in [-0.4, -0.2) is 59.8 Å². The van der Waals surface area contributed by atoms with Crippen molar-refractivity contribution in [2.75, 3.05) is 18.8 Å². The van der Waals surface area contributed by atoms with E-state index in [2.05, 4.69) is 10.4 Å². The van der Waals surface area contributed by atoms with E-state index in [0.29, 0.717) is 31.5 Å². The highest BCUT2D eigenvalue weighted by Gasteiger charge is 2.25. The maximum Gasteiger partial charge on any atom is 0.254 e. The number of hydrogen-bond acceptors (Lipinski definition) is 5. The quantitative estimate of drug-likeness (QED) is 0.762. The van der Waals surface area contributed by atoms with Crippen LogP contribution >= 0.6 is 0 Å². The second-order valence-electron chi connectivity index (χ2n) is 7.41. The molecule has 2 heterocycles. The van der Waals surface area contributed by atoms with Crippen LogP contribution in [0.3, 0.4) is 0 Å². The van der Waals surface area contributed by atoms with Crippen molar-refractivity contribution < 1.29 is 18.0 Å². The number of carbonyl (C=O) groups is 2. The zero-order valence-corrected chi connectivity index (χ0v) is 17.5. The van der Waals surface area contributed by atoms with Crippen molar-refractivity contribution in [1.82, 2.24) is 20.0 Å². The number of hydrogen-bond donors (Lipinski definition) is 1. The molecule has 1 N–H and O–H groups in total. The molecule has 1 aromatic carbocycles. The maximum atomic E-state index is 12.4. The van der Waals surface area contributed by atoms with Crippen LogP contribution < -0.4 is 5.32 Å². The Morgan fingerprint density at radius 1 is 1.17 bits per heavy atom. The Labute approximate surface area is 170 Å². The maximum absolute atomic E-state index is 12.4. The third-order valence-corrected chi connectivity index (χ3v) is 6.85. The van der Waals surface area contributed by atoms with E-state index in [1.807, 2.05) is 6.92 Å². The smallest absolute Gasteiger partial charge is 0.254 e. The van der Waals surface area contributed by atoms with Crippen LogP contribution in [0.4, 0.5) is 0 Å². The molecule has 1 fully saturated rings. The lowest BCUT2D eigenvalue weighted by Gasteiger charge is -2.32. The number of amides is 2. The monoisotopic (exact) mass is 418 g/mol. The Kier molecular flexibility index (Phi) is 6.36. The number of piperidine rings is 1. The molecule has 0 bridgehead atoms. The predicted octanol–water partition coefficient (Wildman–Crippen LogP) is 1.31. The topological polar surface area (TPSA) is 101 Å². The van der Waals surface area contributed by atoms with Crippen LogP contribution in [0.2, 0.25) is 0 Å². The van der Waals surface area contributed by atoms with Gasteiger partial charge in [0.05, 0.1) is 22.4 Å². The molecule has 2 aromatic rings. The molecule has 29 heavy (non-hydrogen) atoms. The Bertz CT molecular complexity index is 974. The fourth-order valence-corrected chi connectivity index (χ4v) is 4.55. The summed E-state index contributed by atoms with van der Waals surface area (Å²) in [4.78, 5) is 26.6. The molecule has 1 aliphatic heterocycles. The SMILES string of the molecule is Cc1ccc(S(=O)(=O)CCC(=O)N2CCC(NC(=O)c3cnn(C)c3)CC2)cc1. The number of nitrogens with one attached hydrogen (secondary N) is 1. The van der Waals surface area contributed by atoms with Crippen LogP contribution in [0.15, 0.2) is 41.6 Å². The van der Waals surface area contributed by atoms with Gasteiger partial charge in [0.1, 0.15) is 0 Å². The number of aryl methyl sites for hydroxylation is 2. The Morgan fingerprint density at radius 2 is 1.83 bits per heavy atom. The number of carbonyl (C=O) groups excluding carboxylic acids is 2. The Hall–Kier alpha value is -2.68. The summed E-state index contributed by atoms with van der Waals surface area (Å²) in [5.41, 5.74) is 1.49. The van der Waals surface area contributed by atoms with Crippen LogP contribution in [-0.2, 0) is 21.7 Å². The van der Waals surface area contributed by atoms with Crippen LogP contribution in [0.1, 0.15) is 35.2 Å². The van der Waals surface area contributed by atoms with Gasteiger partial charge in [-0.1, -0.05) is 17.7 Å². The molecule has 1 aliphatic rings. The van der Waals surface area contributed by atoms with Gasteiger partial charge in [-0.15, -0.1) is 0 Å². The molecule has 9 heteroatoms. The van der Waals surface area contributed by atoms with Gasteiger partial charge in [-0.2, -0.15) is 5.10 Å². The van der Waals surface area contributed by atoms with Gasteiger partial charge in [0, 0.05) is 38.8 Å². The molecule has 2 amide bonds. The minimum atomic E-state index is -3.48. The van der Waals surface area contributed by atoms with Gasteiger partial charge in [0.2, 0.25) is 5.91 Å². The van der Waals surface area contributed by atoms with Crippen LogP contribution in [0, 0.1) is 6.92 Å². The van der Waals surface area contributed by atoms with Crippen molar-refractivity contribution in [3.05, 3.63) is 47.8 Å². The van der Waals surface area contributed by atoms with Crippen LogP contribution in [0.5, 0.6) is 0 Å². The average Bonchev–Trinajstić information content (AvgIpc) is 3.14. The second kappa shape index (κ2) is 8.77. The van der Waals surface area contributed by atoms with Gasteiger partial charge in [-0.3, -0.25) is 14.3 Å². The molecule has 0 radical (unpaired) electrons. The number of likely N-dealkylation sites (tertiary alicyclic amines) is 1. The lowest BCUT2D eigenvalue weighted by Crippen LogP contribution is -2.46. The van der Waals surface area contributed by atoms with Crippen LogP contribution in [0.25, 0.3) is 0 Å². The molecule has 0 atom stereocenters. The van der Waals surface area contributed by atoms with Crippen molar-refractivity contribution in [3.63, 3.8) is 0 Å². The highest BCUT2D eigenvalue weighted by atomic mass is 32.2. The fourth-order valence-electron chi connectivity index (χ4n) is 3.32. The summed E-state index contributed by atoms with van der Waals surface area (Å²) >= 11 is 0. The minimum absolute atomic E-state index is 0.0111. The highest BCUT2D eigenvalue weighted by molar-refractivity contribution is 7.91. The number of nitrogens with zero attached hydrogens (tertiary/aromatic N) is 3. The van der Waals surface area contributed by atoms with E-state index < -0.39 is 9.84 Å². The van der Waals surface area contributed by atoms with Gasteiger partial charge in [0.15, 0.2) is 9.84 Å². The summed E-state index contributed by atoms with van der Waals surface area (Å²) in [6, 6.07) is 6.64. The fraction of sp³-hybridized carbons (Fsp3) is 0.450.